The largest absolute Gasteiger partial charge is 0.305 e. The molecule has 0 aliphatic rings. The minimum Gasteiger partial charge on any atom is -0.305 e. The summed E-state index contributed by atoms with van der Waals surface area (Å²) >= 11 is 16.5. The average molecular weight is 432 g/mol. The zero-order chi connectivity index (χ0) is 19.1. The summed E-state index contributed by atoms with van der Waals surface area (Å²) in [6.45, 7) is 5.13. The van der Waals surface area contributed by atoms with Crippen molar-refractivity contribution in [3.8, 4) is 0 Å². The first-order valence-electron chi connectivity index (χ1n) is 9.06. The van der Waals surface area contributed by atoms with E-state index in [-0.39, 0.29) is 0 Å². The topological polar surface area (TPSA) is 29.0 Å². The third-order valence-electron chi connectivity index (χ3n) is 3.89. The highest BCUT2D eigenvalue weighted by molar-refractivity contribution is 8.00. The number of pyridine rings is 2. The Bertz CT molecular complexity index is 722. The third kappa shape index (κ3) is 5.90. The zero-order valence-electron chi connectivity index (χ0n) is 15.9. The van der Waals surface area contributed by atoms with E-state index in [1.54, 1.807) is 23.5 Å². The van der Waals surface area contributed by atoms with Gasteiger partial charge in [0.15, 0.2) is 0 Å². The maximum Gasteiger partial charge on any atom is 0.135 e. The maximum absolute atomic E-state index is 6.58. The number of thioether (sulfide) groups is 2. The second-order valence-corrected chi connectivity index (χ2v) is 9.41. The van der Waals surface area contributed by atoms with Crippen LogP contribution in [-0.4, -0.2) is 40.5 Å². The Balaban J connectivity index is 2.60. The number of halogens is 2. The smallest absolute Gasteiger partial charge is 0.135 e. The van der Waals surface area contributed by atoms with Crippen LogP contribution in [0.25, 0.3) is 10.8 Å². The Hall–Kier alpha value is -0.200. The molecule has 0 radical (unpaired) electrons. The van der Waals surface area contributed by atoms with Gasteiger partial charge in [0.05, 0.1) is 0 Å². The summed E-state index contributed by atoms with van der Waals surface area (Å²) in [6, 6.07) is 1.94. The molecule has 0 spiro atoms. The first kappa shape index (κ1) is 22.1. The predicted molar refractivity (Wildman–Crippen MR) is 118 cm³/mol. The second kappa shape index (κ2) is 11.0. The van der Waals surface area contributed by atoms with Gasteiger partial charge in [-0.2, -0.15) is 0 Å². The van der Waals surface area contributed by atoms with E-state index >= 15 is 0 Å². The molecule has 0 fully saturated rings. The lowest BCUT2D eigenvalue weighted by molar-refractivity contribution is 0.403. The minimum atomic E-state index is 0.517. The van der Waals surface area contributed by atoms with Gasteiger partial charge >= 0.3 is 0 Å². The molecule has 0 bridgehead atoms. The molecule has 0 saturated heterocycles. The van der Waals surface area contributed by atoms with Crippen LogP contribution in [0.15, 0.2) is 16.1 Å². The summed E-state index contributed by atoms with van der Waals surface area (Å²) in [5.74, 6) is 2.06. The Morgan fingerprint density at radius 1 is 0.962 bits per heavy atom. The molecule has 0 N–H and O–H groups in total. The van der Waals surface area contributed by atoms with E-state index in [4.69, 9.17) is 28.2 Å². The Morgan fingerprint density at radius 2 is 1.54 bits per heavy atom. The second-order valence-electron chi connectivity index (χ2n) is 6.50. The molecule has 2 aromatic heterocycles. The Labute approximate surface area is 175 Å². The van der Waals surface area contributed by atoms with Gasteiger partial charge in [0.1, 0.15) is 20.4 Å². The van der Waals surface area contributed by atoms with Crippen LogP contribution in [0.3, 0.4) is 0 Å². The highest BCUT2D eigenvalue weighted by Gasteiger charge is 2.19. The van der Waals surface area contributed by atoms with Crippen molar-refractivity contribution in [3.05, 3.63) is 21.9 Å². The highest BCUT2D eigenvalue weighted by atomic mass is 35.5. The molecule has 2 aromatic rings. The van der Waals surface area contributed by atoms with Gasteiger partial charge < -0.3 is 4.90 Å². The Kier molecular flexibility index (Phi) is 9.31. The highest BCUT2D eigenvalue weighted by Crippen LogP contribution is 2.39. The first-order chi connectivity index (χ1) is 12.5. The lowest BCUT2D eigenvalue weighted by atomic mass is 10.1. The van der Waals surface area contributed by atoms with Crippen LogP contribution in [0.4, 0.5) is 0 Å². The van der Waals surface area contributed by atoms with Crippen molar-refractivity contribution < 1.29 is 0 Å². The van der Waals surface area contributed by atoms with Crippen LogP contribution in [0, 0.1) is 0 Å². The van der Waals surface area contributed by atoms with E-state index in [9.17, 15) is 0 Å². The summed E-state index contributed by atoms with van der Waals surface area (Å²) in [6.07, 6.45) is 4.65. The van der Waals surface area contributed by atoms with Crippen molar-refractivity contribution in [2.24, 2.45) is 0 Å². The lowest BCUT2D eigenvalue weighted by Gasteiger charge is -2.17. The van der Waals surface area contributed by atoms with Gasteiger partial charge in [-0.25, -0.2) is 9.97 Å². The van der Waals surface area contributed by atoms with Crippen molar-refractivity contribution in [1.29, 1.82) is 0 Å². The molecule has 0 aliphatic heterocycles. The number of rotatable bonds is 10. The van der Waals surface area contributed by atoms with Crippen molar-refractivity contribution in [2.75, 3.05) is 25.6 Å². The molecule has 0 saturated carbocycles. The van der Waals surface area contributed by atoms with Gasteiger partial charge in [-0.15, -0.1) is 23.5 Å². The quantitative estimate of drug-likeness (QED) is 0.234. The molecule has 0 aromatic carbocycles. The van der Waals surface area contributed by atoms with E-state index in [1.165, 1.54) is 12.8 Å². The van der Waals surface area contributed by atoms with Crippen molar-refractivity contribution in [3.63, 3.8) is 0 Å². The summed E-state index contributed by atoms with van der Waals surface area (Å²) in [4.78, 5) is 11.5. The number of unbranched alkanes of at least 4 members (excludes halogenated alkanes) is 2. The van der Waals surface area contributed by atoms with Crippen LogP contribution in [0.2, 0.25) is 10.3 Å². The molecule has 26 heavy (non-hydrogen) atoms. The van der Waals surface area contributed by atoms with Gasteiger partial charge in [-0.1, -0.05) is 49.9 Å². The lowest BCUT2D eigenvalue weighted by Crippen LogP contribution is -2.12. The standard InChI is InChI=1S/C19H27Cl2N3S2/c1-5-7-9-25-18-16-13(11-15(20)22-18)14(12-24(3)4)17(21)23-19(16)26-10-8-6-2/h11H,5-10,12H2,1-4H3. The number of hydrogen-bond donors (Lipinski definition) is 0. The van der Waals surface area contributed by atoms with Crippen LogP contribution in [0.1, 0.15) is 45.1 Å². The van der Waals surface area contributed by atoms with Crippen LogP contribution >= 0.6 is 46.7 Å². The number of nitrogens with zero attached hydrogens (tertiary/aromatic N) is 3. The van der Waals surface area contributed by atoms with E-state index < -0.39 is 0 Å². The van der Waals surface area contributed by atoms with E-state index in [0.717, 1.165) is 57.3 Å². The van der Waals surface area contributed by atoms with E-state index in [0.29, 0.717) is 10.3 Å². The number of hydrogen-bond acceptors (Lipinski definition) is 5. The molecular formula is C19H27Cl2N3S2. The third-order valence-corrected chi connectivity index (χ3v) is 6.52. The van der Waals surface area contributed by atoms with Gasteiger partial charge in [0, 0.05) is 17.5 Å². The van der Waals surface area contributed by atoms with Gasteiger partial charge in [-0.05, 0) is 49.9 Å². The van der Waals surface area contributed by atoms with Gasteiger partial charge in [0.2, 0.25) is 0 Å². The van der Waals surface area contributed by atoms with Crippen LogP contribution in [0.5, 0.6) is 0 Å². The number of aromatic nitrogens is 2. The fourth-order valence-electron chi connectivity index (χ4n) is 2.56. The number of fused-ring (bicyclic) bond motifs is 1. The molecule has 7 heteroatoms. The first-order valence-corrected chi connectivity index (χ1v) is 11.8. The van der Waals surface area contributed by atoms with E-state index in [2.05, 4.69) is 23.7 Å². The molecule has 2 heterocycles. The van der Waals surface area contributed by atoms with Crippen LogP contribution < -0.4 is 0 Å². The molecule has 0 atom stereocenters. The monoisotopic (exact) mass is 431 g/mol. The van der Waals surface area contributed by atoms with Crippen molar-refractivity contribution in [1.82, 2.24) is 14.9 Å². The molecule has 0 amide bonds. The summed E-state index contributed by atoms with van der Waals surface area (Å²) < 4.78 is 0. The fraction of sp³-hybridized carbons (Fsp3) is 0.579. The van der Waals surface area contributed by atoms with Crippen LogP contribution in [-0.2, 0) is 6.54 Å². The minimum absolute atomic E-state index is 0.517. The molecular weight excluding hydrogens is 405 g/mol. The zero-order valence-corrected chi connectivity index (χ0v) is 19.1. The predicted octanol–water partition coefficient (Wildman–Crippen LogP) is 6.78. The molecule has 0 aliphatic carbocycles. The summed E-state index contributed by atoms with van der Waals surface area (Å²) in [5.41, 5.74) is 1.02. The van der Waals surface area contributed by atoms with Crippen molar-refractivity contribution in [2.45, 2.75) is 56.1 Å². The summed E-state index contributed by atoms with van der Waals surface area (Å²) in [5, 5.41) is 5.23. The van der Waals surface area contributed by atoms with E-state index in [1.807, 2.05) is 20.2 Å². The molecule has 144 valence electrons. The van der Waals surface area contributed by atoms with Crippen molar-refractivity contribution >= 4 is 57.5 Å². The average Bonchev–Trinajstić information content (AvgIpc) is 2.58. The molecule has 3 nitrogen and oxygen atoms in total. The fourth-order valence-corrected chi connectivity index (χ4v) is 5.44. The maximum atomic E-state index is 6.58. The van der Waals surface area contributed by atoms with Gasteiger partial charge in [0.25, 0.3) is 0 Å². The normalized spacial score (nSPS) is 11.7. The summed E-state index contributed by atoms with van der Waals surface area (Å²) in [7, 11) is 4.07. The SMILES string of the molecule is CCCCSc1nc(Cl)cc2c(CN(C)C)c(Cl)nc(SCCCC)c12. The van der Waals surface area contributed by atoms with Gasteiger partial charge in [-0.3, -0.25) is 0 Å². The molecule has 0 unspecified atom stereocenters. The molecule has 2 rings (SSSR count). The Morgan fingerprint density at radius 3 is 2.08 bits per heavy atom.